The van der Waals surface area contributed by atoms with Crippen LogP contribution in [-0.4, -0.2) is 29.5 Å². The standard InChI is InChI=1S/C26H33N3O/c1-26(2,3)28-25(30)23-10-6-4-5-9-19-11-12-20(16-24(19)23)21-15-22(18-27-17-21)29-13-7-8-14-29/h10-12,15-18H,4-9,13-14H2,1-3H3,(H,28,30). The maximum Gasteiger partial charge on any atom is 0.251 e. The van der Waals surface area contributed by atoms with E-state index in [2.05, 4.69) is 45.5 Å². The summed E-state index contributed by atoms with van der Waals surface area (Å²) in [4.78, 5) is 20.0. The van der Waals surface area contributed by atoms with Crippen molar-refractivity contribution >= 4 is 17.2 Å². The molecule has 0 radical (unpaired) electrons. The molecule has 1 fully saturated rings. The first-order valence-electron chi connectivity index (χ1n) is 11.3. The number of allylic oxidation sites excluding steroid dienone is 1. The van der Waals surface area contributed by atoms with Crippen molar-refractivity contribution in [2.24, 2.45) is 0 Å². The van der Waals surface area contributed by atoms with E-state index in [0.29, 0.717) is 0 Å². The van der Waals surface area contributed by atoms with Crippen LogP contribution in [0.4, 0.5) is 5.69 Å². The molecule has 1 amide bonds. The molecule has 1 aliphatic heterocycles. The van der Waals surface area contributed by atoms with Crippen LogP contribution in [0.3, 0.4) is 0 Å². The Morgan fingerprint density at radius 2 is 1.80 bits per heavy atom. The third-order valence-corrected chi connectivity index (χ3v) is 5.91. The minimum atomic E-state index is -0.258. The van der Waals surface area contributed by atoms with Crippen LogP contribution < -0.4 is 10.2 Å². The number of fused-ring (bicyclic) bond motifs is 1. The average molecular weight is 404 g/mol. The second kappa shape index (κ2) is 8.63. The highest BCUT2D eigenvalue weighted by molar-refractivity contribution is 6.20. The van der Waals surface area contributed by atoms with E-state index in [-0.39, 0.29) is 11.4 Å². The average Bonchev–Trinajstić information content (AvgIpc) is 3.22. The van der Waals surface area contributed by atoms with Crippen molar-refractivity contribution < 1.29 is 4.79 Å². The summed E-state index contributed by atoms with van der Waals surface area (Å²) in [6.45, 7) is 8.30. The van der Waals surface area contributed by atoms with Gasteiger partial charge >= 0.3 is 0 Å². The summed E-state index contributed by atoms with van der Waals surface area (Å²) in [5.74, 6) is 0.0201. The van der Waals surface area contributed by atoms with Gasteiger partial charge in [0.05, 0.1) is 11.9 Å². The van der Waals surface area contributed by atoms with Gasteiger partial charge in [0.2, 0.25) is 0 Å². The van der Waals surface area contributed by atoms with Gasteiger partial charge in [0.15, 0.2) is 0 Å². The highest BCUT2D eigenvalue weighted by Gasteiger charge is 2.22. The summed E-state index contributed by atoms with van der Waals surface area (Å²) in [7, 11) is 0. The van der Waals surface area contributed by atoms with E-state index in [1.54, 1.807) is 0 Å². The van der Waals surface area contributed by atoms with Crippen molar-refractivity contribution in [2.45, 2.75) is 64.8 Å². The Morgan fingerprint density at radius 1 is 1.00 bits per heavy atom. The van der Waals surface area contributed by atoms with Crippen LogP contribution in [0.1, 0.15) is 64.0 Å². The van der Waals surface area contributed by atoms with Crippen LogP contribution in [0.25, 0.3) is 16.7 Å². The number of nitrogens with zero attached hydrogens (tertiary/aromatic N) is 2. The molecule has 1 aromatic carbocycles. The Bertz CT molecular complexity index is 949. The molecule has 4 nitrogen and oxygen atoms in total. The van der Waals surface area contributed by atoms with Gasteiger partial charge in [0.25, 0.3) is 5.91 Å². The van der Waals surface area contributed by atoms with Crippen LogP contribution in [0.15, 0.2) is 42.7 Å². The SMILES string of the molecule is CC(C)(C)NC(=O)C1=CCCCCc2ccc(-c3cncc(N4CCCC4)c3)cc21. The van der Waals surface area contributed by atoms with E-state index in [9.17, 15) is 4.79 Å². The molecule has 2 heterocycles. The predicted octanol–water partition coefficient (Wildman–Crippen LogP) is 5.37. The Labute approximate surface area is 180 Å². The molecule has 1 aliphatic carbocycles. The molecule has 0 atom stereocenters. The molecule has 4 rings (SSSR count). The number of benzene rings is 1. The van der Waals surface area contributed by atoms with Crippen LogP contribution in [0, 0.1) is 0 Å². The summed E-state index contributed by atoms with van der Waals surface area (Å²) < 4.78 is 0. The molecule has 0 bridgehead atoms. The Morgan fingerprint density at radius 3 is 2.57 bits per heavy atom. The molecular formula is C26H33N3O. The fourth-order valence-corrected chi connectivity index (χ4v) is 4.40. The third-order valence-electron chi connectivity index (χ3n) is 5.91. The lowest BCUT2D eigenvalue weighted by molar-refractivity contribution is -0.116. The summed E-state index contributed by atoms with van der Waals surface area (Å²) in [6.07, 6.45) is 12.8. The topological polar surface area (TPSA) is 45.2 Å². The fourth-order valence-electron chi connectivity index (χ4n) is 4.40. The zero-order valence-electron chi connectivity index (χ0n) is 18.5. The largest absolute Gasteiger partial charge is 0.370 e. The van der Waals surface area contributed by atoms with Crippen LogP contribution >= 0.6 is 0 Å². The fraction of sp³-hybridized carbons (Fsp3) is 0.462. The molecule has 1 saturated heterocycles. The minimum absolute atomic E-state index is 0.0201. The van der Waals surface area contributed by atoms with Gasteiger partial charge in [0, 0.05) is 36.0 Å². The highest BCUT2D eigenvalue weighted by atomic mass is 16.1. The molecule has 0 unspecified atom stereocenters. The zero-order chi connectivity index (χ0) is 21.1. The van der Waals surface area contributed by atoms with E-state index in [1.165, 1.54) is 24.1 Å². The second-order valence-corrected chi connectivity index (χ2v) is 9.57. The number of aromatic nitrogens is 1. The number of pyridine rings is 1. The summed E-state index contributed by atoms with van der Waals surface area (Å²) >= 11 is 0. The predicted molar refractivity (Wildman–Crippen MR) is 125 cm³/mol. The molecule has 4 heteroatoms. The monoisotopic (exact) mass is 403 g/mol. The van der Waals surface area contributed by atoms with Gasteiger partial charge < -0.3 is 10.2 Å². The minimum Gasteiger partial charge on any atom is -0.370 e. The van der Waals surface area contributed by atoms with Crippen LogP contribution in [0.5, 0.6) is 0 Å². The lowest BCUT2D eigenvalue weighted by Gasteiger charge is -2.24. The Kier molecular flexibility index (Phi) is 5.94. The summed E-state index contributed by atoms with van der Waals surface area (Å²) in [6, 6.07) is 8.82. The van der Waals surface area contributed by atoms with Gasteiger partial charge in [-0.25, -0.2) is 0 Å². The maximum atomic E-state index is 13.1. The molecule has 1 aromatic heterocycles. The number of amides is 1. The first-order chi connectivity index (χ1) is 14.4. The van der Waals surface area contributed by atoms with Crippen molar-refractivity contribution in [3.63, 3.8) is 0 Å². The van der Waals surface area contributed by atoms with Gasteiger partial charge in [-0.15, -0.1) is 0 Å². The van der Waals surface area contributed by atoms with Crippen molar-refractivity contribution in [2.75, 3.05) is 18.0 Å². The smallest absolute Gasteiger partial charge is 0.251 e. The number of nitrogens with one attached hydrogen (secondary N) is 1. The molecule has 2 aromatic rings. The summed E-state index contributed by atoms with van der Waals surface area (Å²) in [5.41, 5.74) is 6.31. The normalized spacial score (nSPS) is 17.0. The van der Waals surface area contributed by atoms with Crippen LogP contribution in [-0.2, 0) is 11.2 Å². The zero-order valence-corrected chi connectivity index (χ0v) is 18.5. The van der Waals surface area contributed by atoms with Crippen molar-refractivity contribution in [3.8, 4) is 11.1 Å². The molecule has 2 aliphatic rings. The molecule has 0 saturated carbocycles. The van der Waals surface area contributed by atoms with E-state index >= 15 is 0 Å². The second-order valence-electron chi connectivity index (χ2n) is 9.57. The van der Waals surface area contributed by atoms with E-state index < -0.39 is 0 Å². The Hall–Kier alpha value is -2.62. The molecule has 0 spiro atoms. The molecule has 158 valence electrons. The van der Waals surface area contributed by atoms with Crippen molar-refractivity contribution in [1.82, 2.24) is 10.3 Å². The molecule has 30 heavy (non-hydrogen) atoms. The number of hydrogen-bond acceptors (Lipinski definition) is 3. The maximum absolute atomic E-state index is 13.1. The highest BCUT2D eigenvalue weighted by Crippen LogP contribution is 2.32. The molecular weight excluding hydrogens is 370 g/mol. The van der Waals surface area contributed by atoms with E-state index in [1.807, 2.05) is 33.2 Å². The number of rotatable bonds is 3. The number of anilines is 1. The number of hydrogen-bond donors (Lipinski definition) is 1. The molecule has 1 N–H and O–H groups in total. The number of carbonyl (C=O) groups is 1. The van der Waals surface area contributed by atoms with E-state index in [4.69, 9.17) is 0 Å². The Balaban J connectivity index is 1.71. The van der Waals surface area contributed by atoms with Crippen LogP contribution in [0.2, 0.25) is 0 Å². The first-order valence-corrected chi connectivity index (χ1v) is 11.3. The summed E-state index contributed by atoms with van der Waals surface area (Å²) in [5, 5.41) is 3.16. The van der Waals surface area contributed by atoms with Gasteiger partial charge in [-0.1, -0.05) is 18.2 Å². The lowest BCUT2D eigenvalue weighted by atomic mass is 9.89. The quantitative estimate of drug-likeness (QED) is 0.749. The number of aryl methyl sites for hydroxylation is 1. The van der Waals surface area contributed by atoms with Gasteiger partial charge in [0.1, 0.15) is 0 Å². The first kappa shape index (κ1) is 20.6. The van der Waals surface area contributed by atoms with Crippen molar-refractivity contribution in [1.29, 1.82) is 0 Å². The van der Waals surface area contributed by atoms with Gasteiger partial charge in [-0.05, 0) is 88.1 Å². The third kappa shape index (κ3) is 4.75. The number of carbonyl (C=O) groups excluding carboxylic acids is 1. The van der Waals surface area contributed by atoms with Gasteiger partial charge in [-0.2, -0.15) is 0 Å². The van der Waals surface area contributed by atoms with E-state index in [0.717, 1.165) is 61.0 Å². The van der Waals surface area contributed by atoms with Gasteiger partial charge in [-0.3, -0.25) is 9.78 Å². The van der Waals surface area contributed by atoms with Crippen molar-refractivity contribution in [3.05, 3.63) is 53.9 Å². The lowest BCUT2D eigenvalue weighted by Crippen LogP contribution is -2.41.